The number of halogens is 1. The molecule has 0 unspecified atom stereocenters. The van der Waals surface area contributed by atoms with Crippen LogP contribution in [0.4, 0.5) is 17.2 Å². The minimum atomic E-state index is 0.400. The maximum Gasteiger partial charge on any atom is 0.147 e. The van der Waals surface area contributed by atoms with Gasteiger partial charge in [0.25, 0.3) is 0 Å². The quantitative estimate of drug-likeness (QED) is 0.900. The van der Waals surface area contributed by atoms with Crippen molar-refractivity contribution in [2.24, 2.45) is 0 Å². The number of nitrogen functional groups attached to an aromatic ring is 1. The number of ether oxygens (including phenoxy) is 2. The summed E-state index contributed by atoms with van der Waals surface area (Å²) in [6.45, 7) is 0. The highest BCUT2D eigenvalue weighted by molar-refractivity contribution is 6.32. The van der Waals surface area contributed by atoms with Crippen molar-refractivity contribution in [1.29, 1.82) is 0 Å². The zero-order valence-corrected chi connectivity index (χ0v) is 11.4. The van der Waals surface area contributed by atoms with Gasteiger partial charge in [-0.1, -0.05) is 11.6 Å². The van der Waals surface area contributed by atoms with Gasteiger partial charge in [0.15, 0.2) is 0 Å². The summed E-state index contributed by atoms with van der Waals surface area (Å²) < 4.78 is 10.4. The fourth-order valence-corrected chi connectivity index (χ4v) is 1.87. The number of pyridine rings is 1. The second-order valence-corrected chi connectivity index (χ2v) is 4.16. The van der Waals surface area contributed by atoms with E-state index < -0.39 is 0 Å². The molecule has 0 fully saturated rings. The van der Waals surface area contributed by atoms with E-state index in [0.29, 0.717) is 33.7 Å². The lowest BCUT2D eigenvalue weighted by molar-refractivity contribution is 0.396. The monoisotopic (exact) mass is 279 g/mol. The SMILES string of the molecule is COc1cc(OC)c(Nc2cccnc2N)cc1Cl. The van der Waals surface area contributed by atoms with Gasteiger partial charge in [0.1, 0.15) is 17.3 Å². The number of rotatable bonds is 4. The molecule has 2 aromatic rings. The maximum absolute atomic E-state index is 6.10. The van der Waals surface area contributed by atoms with Gasteiger partial charge in [0.05, 0.1) is 30.6 Å². The first-order valence-electron chi connectivity index (χ1n) is 5.54. The lowest BCUT2D eigenvalue weighted by Gasteiger charge is -2.14. The zero-order chi connectivity index (χ0) is 13.8. The summed E-state index contributed by atoms with van der Waals surface area (Å²) in [5, 5.41) is 3.61. The fourth-order valence-electron chi connectivity index (χ4n) is 1.63. The number of benzene rings is 1. The third-order valence-corrected chi connectivity index (χ3v) is 2.88. The third-order valence-electron chi connectivity index (χ3n) is 2.58. The largest absolute Gasteiger partial charge is 0.495 e. The minimum absolute atomic E-state index is 0.400. The Kier molecular flexibility index (Phi) is 3.97. The van der Waals surface area contributed by atoms with Crippen molar-refractivity contribution >= 4 is 28.8 Å². The predicted molar refractivity (Wildman–Crippen MR) is 76.5 cm³/mol. The van der Waals surface area contributed by atoms with E-state index in [1.807, 2.05) is 6.07 Å². The summed E-state index contributed by atoms with van der Waals surface area (Å²) in [7, 11) is 3.12. The van der Waals surface area contributed by atoms with Crippen LogP contribution in [0, 0.1) is 0 Å². The van der Waals surface area contributed by atoms with Crippen LogP contribution in [0.3, 0.4) is 0 Å². The van der Waals surface area contributed by atoms with Gasteiger partial charge < -0.3 is 20.5 Å². The van der Waals surface area contributed by atoms with Crippen LogP contribution in [-0.2, 0) is 0 Å². The highest BCUT2D eigenvalue weighted by atomic mass is 35.5. The molecule has 1 aromatic heterocycles. The Balaban J connectivity index is 2.40. The normalized spacial score (nSPS) is 10.1. The second kappa shape index (κ2) is 5.67. The van der Waals surface area contributed by atoms with E-state index in [-0.39, 0.29) is 0 Å². The van der Waals surface area contributed by atoms with Crippen LogP contribution in [0.1, 0.15) is 0 Å². The van der Waals surface area contributed by atoms with Gasteiger partial charge in [-0.3, -0.25) is 0 Å². The molecule has 5 nitrogen and oxygen atoms in total. The summed E-state index contributed by atoms with van der Waals surface area (Å²) in [5.74, 6) is 1.55. The Bertz CT molecular complexity index is 590. The molecule has 0 spiro atoms. The van der Waals surface area contributed by atoms with Crippen molar-refractivity contribution in [3.63, 3.8) is 0 Å². The molecular weight excluding hydrogens is 266 g/mol. The Hall–Kier alpha value is -2.14. The summed E-state index contributed by atoms with van der Waals surface area (Å²) in [6.07, 6.45) is 1.62. The van der Waals surface area contributed by atoms with Crippen molar-refractivity contribution < 1.29 is 9.47 Å². The van der Waals surface area contributed by atoms with Crippen LogP contribution in [0.25, 0.3) is 0 Å². The van der Waals surface area contributed by atoms with E-state index in [1.165, 1.54) is 0 Å². The van der Waals surface area contributed by atoms with Gasteiger partial charge in [0.2, 0.25) is 0 Å². The molecule has 0 bridgehead atoms. The molecule has 1 heterocycles. The average Bonchev–Trinajstić information content (AvgIpc) is 2.42. The maximum atomic E-state index is 6.10. The van der Waals surface area contributed by atoms with E-state index >= 15 is 0 Å². The van der Waals surface area contributed by atoms with Crippen LogP contribution in [-0.4, -0.2) is 19.2 Å². The summed E-state index contributed by atoms with van der Waals surface area (Å²) >= 11 is 6.10. The van der Waals surface area contributed by atoms with E-state index in [1.54, 1.807) is 38.6 Å². The van der Waals surface area contributed by atoms with Crippen LogP contribution >= 0.6 is 11.6 Å². The minimum Gasteiger partial charge on any atom is -0.495 e. The van der Waals surface area contributed by atoms with Gasteiger partial charge in [-0.05, 0) is 18.2 Å². The molecule has 2 rings (SSSR count). The van der Waals surface area contributed by atoms with E-state index in [0.717, 1.165) is 0 Å². The van der Waals surface area contributed by atoms with Crippen molar-refractivity contribution in [2.75, 3.05) is 25.3 Å². The van der Waals surface area contributed by atoms with E-state index in [2.05, 4.69) is 10.3 Å². The number of anilines is 3. The molecule has 0 aliphatic carbocycles. The Morgan fingerprint density at radius 1 is 1.16 bits per heavy atom. The zero-order valence-electron chi connectivity index (χ0n) is 10.6. The number of nitrogens with two attached hydrogens (primary N) is 1. The highest BCUT2D eigenvalue weighted by Crippen LogP contribution is 2.37. The van der Waals surface area contributed by atoms with E-state index in [4.69, 9.17) is 26.8 Å². The smallest absolute Gasteiger partial charge is 0.147 e. The molecular formula is C13H14ClN3O2. The van der Waals surface area contributed by atoms with Crippen molar-refractivity contribution in [2.45, 2.75) is 0 Å². The highest BCUT2D eigenvalue weighted by Gasteiger charge is 2.11. The van der Waals surface area contributed by atoms with Gasteiger partial charge in [-0.25, -0.2) is 4.98 Å². The number of nitrogens with zero attached hydrogens (tertiary/aromatic N) is 1. The molecule has 0 atom stereocenters. The molecule has 0 saturated heterocycles. The molecule has 0 radical (unpaired) electrons. The topological polar surface area (TPSA) is 69.4 Å². The molecule has 0 aliphatic heterocycles. The first-order chi connectivity index (χ1) is 9.15. The van der Waals surface area contributed by atoms with Gasteiger partial charge in [-0.15, -0.1) is 0 Å². The summed E-state index contributed by atoms with van der Waals surface area (Å²) in [6, 6.07) is 7.03. The Morgan fingerprint density at radius 3 is 2.53 bits per heavy atom. The first kappa shape index (κ1) is 13.3. The van der Waals surface area contributed by atoms with Crippen molar-refractivity contribution in [3.8, 4) is 11.5 Å². The number of hydrogen-bond acceptors (Lipinski definition) is 5. The van der Waals surface area contributed by atoms with Crippen molar-refractivity contribution in [1.82, 2.24) is 4.98 Å². The second-order valence-electron chi connectivity index (χ2n) is 3.75. The van der Waals surface area contributed by atoms with Gasteiger partial charge in [0, 0.05) is 12.3 Å². The third kappa shape index (κ3) is 2.82. The van der Waals surface area contributed by atoms with Crippen LogP contribution < -0.4 is 20.5 Å². The van der Waals surface area contributed by atoms with Crippen LogP contribution in [0.15, 0.2) is 30.5 Å². The van der Waals surface area contributed by atoms with Crippen LogP contribution in [0.2, 0.25) is 5.02 Å². The molecule has 19 heavy (non-hydrogen) atoms. The summed E-state index contributed by atoms with van der Waals surface area (Å²) in [5.41, 5.74) is 7.15. The van der Waals surface area contributed by atoms with Crippen molar-refractivity contribution in [3.05, 3.63) is 35.5 Å². The molecule has 0 aliphatic rings. The number of nitrogens with one attached hydrogen (secondary N) is 1. The average molecular weight is 280 g/mol. The molecule has 0 saturated carbocycles. The Morgan fingerprint density at radius 2 is 1.89 bits per heavy atom. The molecule has 6 heteroatoms. The number of methoxy groups -OCH3 is 2. The number of aromatic nitrogens is 1. The van der Waals surface area contributed by atoms with Gasteiger partial charge >= 0.3 is 0 Å². The fraction of sp³-hybridized carbons (Fsp3) is 0.154. The molecule has 1 aromatic carbocycles. The van der Waals surface area contributed by atoms with Crippen LogP contribution in [0.5, 0.6) is 11.5 Å². The molecule has 100 valence electrons. The van der Waals surface area contributed by atoms with Gasteiger partial charge in [-0.2, -0.15) is 0 Å². The first-order valence-corrected chi connectivity index (χ1v) is 5.92. The van der Waals surface area contributed by atoms with E-state index in [9.17, 15) is 0 Å². The lowest BCUT2D eigenvalue weighted by Crippen LogP contribution is -2.00. The predicted octanol–water partition coefficient (Wildman–Crippen LogP) is 3.08. The summed E-state index contributed by atoms with van der Waals surface area (Å²) in [4.78, 5) is 4.00. The molecule has 3 N–H and O–H groups in total. The standard InChI is InChI=1S/C13H14ClN3O2/c1-18-11-7-12(19-2)10(6-8(11)14)17-9-4-3-5-16-13(9)15/h3-7,17H,1-2H3,(H2,15,16). The molecule has 0 amide bonds. The lowest BCUT2D eigenvalue weighted by atomic mass is 10.2. The Labute approximate surface area is 116 Å². The number of hydrogen-bond donors (Lipinski definition) is 2.